The van der Waals surface area contributed by atoms with Crippen molar-refractivity contribution >= 4 is 29.2 Å². The number of carbonyl (C=O) groups excluding carboxylic acids is 1. The molecule has 3 aromatic carbocycles. The van der Waals surface area contributed by atoms with Crippen LogP contribution < -0.4 is 9.47 Å². The molecule has 10 heteroatoms. The van der Waals surface area contributed by atoms with Crippen LogP contribution in [0.2, 0.25) is 10.0 Å². The van der Waals surface area contributed by atoms with Crippen LogP contribution in [-0.4, -0.2) is 81.5 Å². The second-order valence-electron chi connectivity index (χ2n) is 13.2. The molecular formula is C40H43Cl2N3O5. The fraction of sp³-hybridized carbons (Fsp3) is 0.400. The number of methoxy groups -OCH3 is 3. The Bertz CT molecular complexity index is 1910. The number of aryl methyl sites for hydroxylation is 1. The first-order chi connectivity index (χ1) is 24.3. The van der Waals surface area contributed by atoms with E-state index in [0.717, 1.165) is 83.7 Å². The topological polar surface area (TPSA) is 73.4 Å². The SMILES string of the molecule is CCOC(=O)C1CN([C@H]2CCc3cc(-c4cccc(-c5cccc(-c6cc7c(c(OC)n6)CCN(CCOC)C7)c5Cl)c4Cl)cc(OC)c32)C1. The lowest BCUT2D eigenvalue weighted by Crippen LogP contribution is -2.51. The second-order valence-corrected chi connectivity index (χ2v) is 14.0. The first-order valence-electron chi connectivity index (χ1n) is 17.3. The number of halogens is 2. The number of hydrogen-bond acceptors (Lipinski definition) is 8. The molecular weight excluding hydrogens is 673 g/mol. The van der Waals surface area contributed by atoms with Gasteiger partial charge in [0.25, 0.3) is 0 Å². The van der Waals surface area contributed by atoms with E-state index in [1.54, 1.807) is 21.3 Å². The molecule has 2 aliphatic heterocycles. The van der Waals surface area contributed by atoms with Gasteiger partial charge in [0.05, 0.1) is 49.1 Å². The molecule has 8 nitrogen and oxygen atoms in total. The average Bonchev–Trinajstić information content (AvgIpc) is 3.53. The third-order valence-corrected chi connectivity index (χ3v) is 11.2. The predicted molar refractivity (Wildman–Crippen MR) is 197 cm³/mol. The molecule has 1 atom stereocenters. The maximum Gasteiger partial charge on any atom is 0.311 e. The van der Waals surface area contributed by atoms with Gasteiger partial charge in [0.2, 0.25) is 5.88 Å². The standard InChI is InChI=1S/C40H43Cl2N3O5/c1-5-50-40(46)27-22-45(23-27)34-13-12-24-18-25(20-35(48-3)36(24)34)28-8-6-9-30(37(28)41)31-10-7-11-32(38(31)42)33-19-26-21-44(16-17-47-2)15-14-29(26)39(43-33)49-4/h6-11,18-20,27,34H,5,12-17,21-23H2,1-4H3/t34-/m0/s1. The highest BCUT2D eigenvalue weighted by molar-refractivity contribution is 6.39. The predicted octanol–water partition coefficient (Wildman–Crippen LogP) is 7.89. The summed E-state index contributed by atoms with van der Waals surface area (Å²) in [5.74, 6) is 1.33. The van der Waals surface area contributed by atoms with Gasteiger partial charge in [0.1, 0.15) is 5.75 Å². The van der Waals surface area contributed by atoms with Gasteiger partial charge in [-0.25, -0.2) is 4.98 Å². The Hall–Kier alpha value is -3.66. The number of benzene rings is 3. The van der Waals surface area contributed by atoms with Gasteiger partial charge in [-0.1, -0.05) is 65.7 Å². The molecule has 262 valence electrons. The number of ether oxygens (including phenoxy) is 4. The molecule has 1 saturated heterocycles. The Morgan fingerprint density at radius 2 is 1.62 bits per heavy atom. The van der Waals surface area contributed by atoms with Gasteiger partial charge in [-0.2, -0.15) is 0 Å². The van der Waals surface area contributed by atoms with Crippen LogP contribution in [0.15, 0.2) is 54.6 Å². The van der Waals surface area contributed by atoms with E-state index in [0.29, 0.717) is 42.2 Å². The monoisotopic (exact) mass is 715 g/mol. The molecule has 0 unspecified atom stereocenters. The minimum Gasteiger partial charge on any atom is -0.496 e. The zero-order valence-electron chi connectivity index (χ0n) is 29.1. The molecule has 50 heavy (non-hydrogen) atoms. The first kappa shape index (κ1) is 34.8. The molecule has 1 aromatic heterocycles. The zero-order valence-corrected chi connectivity index (χ0v) is 30.6. The summed E-state index contributed by atoms with van der Waals surface area (Å²) in [7, 11) is 5.13. The van der Waals surface area contributed by atoms with Crippen molar-refractivity contribution in [1.29, 1.82) is 0 Å². The normalized spacial score (nSPS) is 17.6. The molecule has 0 spiro atoms. The summed E-state index contributed by atoms with van der Waals surface area (Å²) in [6, 6.07) is 18.8. The van der Waals surface area contributed by atoms with Gasteiger partial charge < -0.3 is 18.9 Å². The van der Waals surface area contributed by atoms with E-state index < -0.39 is 0 Å². The van der Waals surface area contributed by atoms with E-state index in [2.05, 4.69) is 28.0 Å². The number of nitrogens with zero attached hydrogens (tertiary/aromatic N) is 3. The summed E-state index contributed by atoms with van der Waals surface area (Å²) in [5.41, 5.74) is 9.96. The number of esters is 1. The van der Waals surface area contributed by atoms with Crippen LogP contribution >= 0.6 is 23.2 Å². The maximum atomic E-state index is 12.2. The molecule has 7 rings (SSSR count). The summed E-state index contributed by atoms with van der Waals surface area (Å²) in [6.45, 7) is 6.97. The highest BCUT2D eigenvalue weighted by Gasteiger charge is 2.41. The van der Waals surface area contributed by atoms with Crippen LogP contribution in [0, 0.1) is 5.92 Å². The van der Waals surface area contributed by atoms with Gasteiger partial charge in [0, 0.05) is 79.3 Å². The fourth-order valence-corrected chi connectivity index (χ4v) is 8.45. The van der Waals surface area contributed by atoms with Crippen molar-refractivity contribution in [2.45, 2.75) is 38.8 Å². The molecule has 3 aliphatic rings. The third-order valence-electron chi connectivity index (χ3n) is 10.4. The van der Waals surface area contributed by atoms with Crippen molar-refractivity contribution in [3.8, 4) is 45.1 Å². The highest BCUT2D eigenvalue weighted by Crippen LogP contribution is 2.48. The number of hydrogen-bond donors (Lipinski definition) is 0. The summed E-state index contributed by atoms with van der Waals surface area (Å²) < 4.78 is 22.3. The van der Waals surface area contributed by atoms with Crippen LogP contribution in [0.5, 0.6) is 11.6 Å². The van der Waals surface area contributed by atoms with Gasteiger partial charge >= 0.3 is 5.97 Å². The van der Waals surface area contributed by atoms with Crippen molar-refractivity contribution in [3.63, 3.8) is 0 Å². The zero-order chi connectivity index (χ0) is 34.9. The molecule has 0 radical (unpaired) electrons. The van der Waals surface area contributed by atoms with Gasteiger partial charge in [-0.15, -0.1) is 0 Å². The molecule has 0 saturated carbocycles. The van der Waals surface area contributed by atoms with Crippen molar-refractivity contribution in [3.05, 3.63) is 86.9 Å². The van der Waals surface area contributed by atoms with Gasteiger partial charge in [-0.05, 0) is 55.0 Å². The van der Waals surface area contributed by atoms with Crippen LogP contribution in [0.25, 0.3) is 33.5 Å². The smallest absolute Gasteiger partial charge is 0.311 e. The van der Waals surface area contributed by atoms with Crippen molar-refractivity contribution < 1.29 is 23.7 Å². The van der Waals surface area contributed by atoms with E-state index in [1.165, 1.54) is 16.7 Å². The molecule has 0 amide bonds. The van der Waals surface area contributed by atoms with E-state index in [9.17, 15) is 4.79 Å². The Balaban J connectivity index is 1.19. The molecule has 1 aliphatic carbocycles. The highest BCUT2D eigenvalue weighted by atomic mass is 35.5. The summed E-state index contributed by atoms with van der Waals surface area (Å²) in [4.78, 5) is 21.9. The largest absolute Gasteiger partial charge is 0.496 e. The summed E-state index contributed by atoms with van der Waals surface area (Å²) >= 11 is 14.5. The molecule has 0 bridgehead atoms. The minimum atomic E-state index is -0.104. The number of carbonyl (C=O) groups is 1. The van der Waals surface area contributed by atoms with Crippen molar-refractivity contribution in [2.24, 2.45) is 5.92 Å². The van der Waals surface area contributed by atoms with Crippen molar-refractivity contribution in [1.82, 2.24) is 14.8 Å². The lowest BCUT2D eigenvalue weighted by Gasteiger charge is -2.42. The quantitative estimate of drug-likeness (QED) is 0.145. The Kier molecular flexibility index (Phi) is 10.4. The average molecular weight is 717 g/mol. The summed E-state index contributed by atoms with van der Waals surface area (Å²) in [5, 5.41) is 1.20. The Labute approximate surface area is 304 Å². The number of likely N-dealkylation sites (tertiary alicyclic amines) is 1. The lowest BCUT2D eigenvalue weighted by molar-refractivity contribution is -0.155. The second kappa shape index (κ2) is 14.9. The fourth-order valence-electron chi connectivity index (χ4n) is 7.79. The maximum absolute atomic E-state index is 12.2. The van der Waals surface area contributed by atoms with Crippen LogP contribution in [0.4, 0.5) is 0 Å². The number of aromatic nitrogens is 1. The molecule has 4 aromatic rings. The minimum absolute atomic E-state index is 0.0577. The van der Waals surface area contributed by atoms with E-state index >= 15 is 0 Å². The van der Waals surface area contributed by atoms with Crippen molar-refractivity contribution in [2.75, 3.05) is 60.7 Å². The molecule has 1 fully saturated rings. The van der Waals surface area contributed by atoms with E-state index in [1.807, 2.05) is 43.3 Å². The molecule has 0 N–H and O–H groups in total. The van der Waals surface area contributed by atoms with E-state index in [-0.39, 0.29) is 17.9 Å². The van der Waals surface area contributed by atoms with Crippen LogP contribution in [0.1, 0.15) is 41.6 Å². The number of rotatable bonds is 11. The van der Waals surface area contributed by atoms with Gasteiger partial charge in [-0.3, -0.25) is 14.6 Å². The van der Waals surface area contributed by atoms with Gasteiger partial charge in [0.15, 0.2) is 0 Å². The van der Waals surface area contributed by atoms with Crippen LogP contribution in [0.3, 0.4) is 0 Å². The molecule has 3 heterocycles. The number of fused-ring (bicyclic) bond motifs is 2. The Morgan fingerprint density at radius 1 is 0.900 bits per heavy atom. The Morgan fingerprint density at radius 3 is 2.32 bits per heavy atom. The van der Waals surface area contributed by atoms with Crippen LogP contribution in [-0.2, 0) is 33.7 Å². The summed E-state index contributed by atoms with van der Waals surface area (Å²) in [6.07, 6.45) is 2.78. The number of pyridine rings is 1. The first-order valence-corrected chi connectivity index (χ1v) is 18.1. The lowest BCUT2D eigenvalue weighted by atomic mass is 9.92. The third kappa shape index (κ3) is 6.48. The van der Waals surface area contributed by atoms with E-state index in [4.69, 9.17) is 47.1 Å².